The van der Waals surface area contributed by atoms with Crippen LogP contribution in [0, 0.1) is 17.0 Å². The standard InChI is InChI=1S/C13H20N2O3/c1-9-6-7-11(15(16)17)8-12(9)14-10(2)13(3,4)18-5/h6-8,10,14H,1-5H3. The number of hydrogen-bond donors (Lipinski definition) is 1. The van der Waals surface area contributed by atoms with Crippen LogP contribution in [-0.2, 0) is 4.74 Å². The van der Waals surface area contributed by atoms with Crippen LogP contribution in [0.3, 0.4) is 0 Å². The molecule has 0 fully saturated rings. The minimum atomic E-state index is -0.392. The van der Waals surface area contributed by atoms with E-state index in [1.54, 1.807) is 19.2 Å². The first-order chi connectivity index (χ1) is 8.27. The second-order valence-electron chi connectivity index (χ2n) is 4.93. The topological polar surface area (TPSA) is 64.4 Å². The third-order valence-electron chi connectivity index (χ3n) is 3.37. The molecular weight excluding hydrogens is 232 g/mol. The van der Waals surface area contributed by atoms with E-state index >= 15 is 0 Å². The zero-order valence-corrected chi connectivity index (χ0v) is 11.5. The molecule has 0 aliphatic rings. The second kappa shape index (κ2) is 5.35. The number of aryl methyl sites for hydroxylation is 1. The Balaban J connectivity index is 2.97. The lowest BCUT2D eigenvalue weighted by Crippen LogP contribution is -2.41. The van der Waals surface area contributed by atoms with Gasteiger partial charge in [0.15, 0.2) is 0 Å². The minimum Gasteiger partial charge on any atom is -0.379 e. The van der Waals surface area contributed by atoms with Crippen LogP contribution in [0.5, 0.6) is 0 Å². The van der Waals surface area contributed by atoms with Crippen molar-refractivity contribution in [2.24, 2.45) is 0 Å². The first-order valence-corrected chi connectivity index (χ1v) is 5.84. The van der Waals surface area contributed by atoms with Gasteiger partial charge in [-0.25, -0.2) is 0 Å². The third kappa shape index (κ3) is 3.20. The van der Waals surface area contributed by atoms with Crippen molar-refractivity contribution in [3.63, 3.8) is 0 Å². The van der Waals surface area contributed by atoms with E-state index < -0.39 is 4.92 Å². The molecule has 1 rings (SSSR count). The molecule has 0 radical (unpaired) electrons. The summed E-state index contributed by atoms with van der Waals surface area (Å²) in [5.74, 6) is 0. The summed E-state index contributed by atoms with van der Waals surface area (Å²) >= 11 is 0. The van der Waals surface area contributed by atoms with Crippen molar-refractivity contribution in [2.45, 2.75) is 39.3 Å². The largest absolute Gasteiger partial charge is 0.379 e. The van der Waals surface area contributed by atoms with Crippen molar-refractivity contribution >= 4 is 11.4 Å². The van der Waals surface area contributed by atoms with E-state index in [2.05, 4.69) is 5.32 Å². The number of benzene rings is 1. The van der Waals surface area contributed by atoms with Crippen LogP contribution >= 0.6 is 0 Å². The zero-order valence-electron chi connectivity index (χ0n) is 11.5. The molecule has 5 nitrogen and oxygen atoms in total. The van der Waals surface area contributed by atoms with E-state index in [0.29, 0.717) is 0 Å². The van der Waals surface area contributed by atoms with Gasteiger partial charge in [-0.15, -0.1) is 0 Å². The van der Waals surface area contributed by atoms with Crippen LogP contribution in [0.2, 0.25) is 0 Å². The average Bonchev–Trinajstić information content (AvgIpc) is 2.31. The van der Waals surface area contributed by atoms with E-state index in [1.807, 2.05) is 27.7 Å². The van der Waals surface area contributed by atoms with Gasteiger partial charge < -0.3 is 10.1 Å². The first kappa shape index (κ1) is 14.4. The predicted molar refractivity (Wildman–Crippen MR) is 72.0 cm³/mol. The Kier molecular flexibility index (Phi) is 4.29. The summed E-state index contributed by atoms with van der Waals surface area (Å²) in [5.41, 5.74) is 1.48. The molecule has 0 saturated carbocycles. The van der Waals surface area contributed by atoms with E-state index in [9.17, 15) is 10.1 Å². The molecule has 0 amide bonds. The van der Waals surface area contributed by atoms with Crippen LogP contribution in [-0.4, -0.2) is 23.7 Å². The highest BCUT2D eigenvalue weighted by Crippen LogP contribution is 2.25. The lowest BCUT2D eigenvalue weighted by Gasteiger charge is -2.32. The van der Waals surface area contributed by atoms with E-state index in [4.69, 9.17) is 4.74 Å². The van der Waals surface area contributed by atoms with Gasteiger partial charge >= 0.3 is 0 Å². The molecule has 0 saturated heterocycles. The highest BCUT2D eigenvalue weighted by molar-refractivity contribution is 5.57. The number of nitro groups is 1. The highest BCUT2D eigenvalue weighted by Gasteiger charge is 2.25. The molecule has 0 aliphatic carbocycles. The number of anilines is 1. The number of nitrogens with zero attached hydrogens (tertiary/aromatic N) is 1. The molecule has 100 valence electrons. The summed E-state index contributed by atoms with van der Waals surface area (Å²) in [4.78, 5) is 10.4. The summed E-state index contributed by atoms with van der Waals surface area (Å²) in [5, 5.41) is 14.0. The van der Waals surface area contributed by atoms with Crippen molar-refractivity contribution < 1.29 is 9.66 Å². The molecular formula is C13H20N2O3. The van der Waals surface area contributed by atoms with Gasteiger partial charge in [-0.1, -0.05) is 6.07 Å². The monoisotopic (exact) mass is 252 g/mol. The number of ether oxygens (including phenoxy) is 1. The maximum atomic E-state index is 10.8. The van der Waals surface area contributed by atoms with E-state index in [-0.39, 0.29) is 17.3 Å². The number of methoxy groups -OCH3 is 1. The predicted octanol–water partition coefficient (Wildman–Crippen LogP) is 3.13. The third-order valence-corrected chi connectivity index (χ3v) is 3.37. The summed E-state index contributed by atoms with van der Waals surface area (Å²) in [6, 6.07) is 4.83. The molecule has 1 N–H and O–H groups in total. The first-order valence-electron chi connectivity index (χ1n) is 5.84. The number of hydrogen-bond acceptors (Lipinski definition) is 4. The molecule has 5 heteroatoms. The minimum absolute atomic E-state index is 0.0307. The molecule has 18 heavy (non-hydrogen) atoms. The summed E-state index contributed by atoms with van der Waals surface area (Å²) in [6.45, 7) is 7.84. The van der Waals surface area contributed by atoms with Crippen molar-refractivity contribution in [3.8, 4) is 0 Å². The van der Waals surface area contributed by atoms with Gasteiger partial charge in [0.25, 0.3) is 5.69 Å². The molecule has 1 aromatic carbocycles. The Morgan fingerprint density at radius 3 is 2.56 bits per heavy atom. The molecule has 0 bridgehead atoms. The Labute approximate surface area is 107 Å². The fourth-order valence-electron chi connectivity index (χ4n) is 1.46. The number of rotatable bonds is 5. The van der Waals surface area contributed by atoms with Crippen molar-refractivity contribution in [3.05, 3.63) is 33.9 Å². The van der Waals surface area contributed by atoms with Crippen LogP contribution in [0.25, 0.3) is 0 Å². The maximum Gasteiger partial charge on any atom is 0.271 e. The maximum absolute atomic E-state index is 10.8. The van der Waals surface area contributed by atoms with Gasteiger partial charge in [0.05, 0.1) is 16.6 Å². The zero-order chi connectivity index (χ0) is 13.9. The van der Waals surface area contributed by atoms with Gasteiger partial charge in [-0.3, -0.25) is 10.1 Å². The van der Waals surface area contributed by atoms with Crippen molar-refractivity contribution in [1.82, 2.24) is 0 Å². The normalized spacial score (nSPS) is 13.2. The fraction of sp³-hybridized carbons (Fsp3) is 0.538. The molecule has 0 spiro atoms. The second-order valence-corrected chi connectivity index (χ2v) is 4.93. The Bertz CT molecular complexity index is 444. The number of non-ortho nitro benzene ring substituents is 1. The summed E-state index contributed by atoms with van der Waals surface area (Å²) < 4.78 is 5.39. The average molecular weight is 252 g/mol. The lowest BCUT2D eigenvalue weighted by molar-refractivity contribution is -0.384. The summed E-state index contributed by atoms with van der Waals surface area (Å²) in [6.07, 6.45) is 0. The molecule has 0 heterocycles. The molecule has 1 aromatic rings. The number of nitro benzene ring substituents is 1. The Hall–Kier alpha value is -1.62. The SMILES string of the molecule is COC(C)(C)C(C)Nc1cc([N+](=O)[O-])ccc1C. The van der Waals surface area contributed by atoms with Crippen LogP contribution in [0.1, 0.15) is 26.3 Å². The molecule has 1 atom stereocenters. The molecule has 0 aromatic heterocycles. The van der Waals surface area contributed by atoms with Crippen molar-refractivity contribution in [2.75, 3.05) is 12.4 Å². The van der Waals surface area contributed by atoms with Crippen LogP contribution in [0.4, 0.5) is 11.4 Å². The van der Waals surface area contributed by atoms with Gasteiger partial charge in [-0.05, 0) is 33.3 Å². The molecule has 1 unspecified atom stereocenters. The molecule has 0 aliphatic heterocycles. The number of nitrogens with one attached hydrogen (secondary N) is 1. The van der Waals surface area contributed by atoms with E-state index in [1.165, 1.54) is 6.07 Å². The quantitative estimate of drug-likeness (QED) is 0.646. The van der Waals surface area contributed by atoms with Gasteiger partial charge in [0.2, 0.25) is 0 Å². The van der Waals surface area contributed by atoms with Crippen molar-refractivity contribution in [1.29, 1.82) is 0 Å². The summed E-state index contributed by atoms with van der Waals surface area (Å²) in [7, 11) is 1.65. The van der Waals surface area contributed by atoms with Gasteiger partial charge in [-0.2, -0.15) is 0 Å². The fourth-order valence-corrected chi connectivity index (χ4v) is 1.46. The van der Waals surface area contributed by atoms with Crippen LogP contribution in [0.15, 0.2) is 18.2 Å². The van der Waals surface area contributed by atoms with E-state index in [0.717, 1.165) is 11.3 Å². The Morgan fingerprint density at radius 1 is 1.44 bits per heavy atom. The van der Waals surface area contributed by atoms with Gasteiger partial charge in [0, 0.05) is 24.9 Å². The van der Waals surface area contributed by atoms with Crippen LogP contribution < -0.4 is 5.32 Å². The highest BCUT2D eigenvalue weighted by atomic mass is 16.6. The van der Waals surface area contributed by atoms with Gasteiger partial charge in [0.1, 0.15) is 0 Å². The smallest absolute Gasteiger partial charge is 0.271 e. The Morgan fingerprint density at radius 2 is 2.06 bits per heavy atom. The lowest BCUT2D eigenvalue weighted by atomic mass is 9.99.